The number of hydrogen-bond donors (Lipinski definition) is 1. The minimum Gasteiger partial charge on any atom is -0.309 e. The summed E-state index contributed by atoms with van der Waals surface area (Å²) in [6.07, 6.45) is 1.89. The third-order valence-corrected chi connectivity index (χ3v) is 3.49. The van der Waals surface area contributed by atoms with Crippen LogP contribution >= 0.6 is 27.5 Å². The van der Waals surface area contributed by atoms with E-state index in [0.29, 0.717) is 0 Å². The summed E-state index contributed by atoms with van der Waals surface area (Å²) in [5.74, 6) is 0. The van der Waals surface area contributed by atoms with Crippen molar-refractivity contribution in [3.05, 3.63) is 62.8 Å². The molecule has 0 amide bonds. The van der Waals surface area contributed by atoms with Gasteiger partial charge in [0.05, 0.1) is 0 Å². The zero-order valence-corrected chi connectivity index (χ0v) is 12.4. The topological polar surface area (TPSA) is 24.9 Å². The predicted molar refractivity (Wildman–Crippen MR) is 78.7 cm³/mol. The zero-order chi connectivity index (χ0) is 13.0. The van der Waals surface area contributed by atoms with Gasteiger partial charge in [-0.1, -0.05) is 33.6 Å². The summed E-state index contributed by atoms with van der Waals surface area (Å²) in [6, 6.07) is 9.97. The fourth-order valence-electron chi connectivity index (χ4n) is 1.62. The Kier molecular flexibility index (Phi) is 4.75. The van der Waals surface area contributed by atoms with Gasteiger partial charge in [0.1, 0.15) is 0 Å². The lowest BCUT2D eigenvalue weighted by molar-refractivity contribution is 0.691. The Balaban J connectivity index is 1.92. The van der Waals surface area contributed by atoms with Crippen LogP contribution in [0.1, 0.15) is 16.8 Å². The first kappa shape index (κ1) is 13.5. The van der Waals surface area contributed by atoms with Crippen LogP contribution in [-0.2, 0) is 13.1 Å². The van der Waals surface area contributed by atoms with Crippen LogP contribution in [0.4, 0.5) is 0 Å². The molecule has 1 aromatic carbocycles. The molecule has 18 heavy (non-hydrogen) atoms. The number of nitrogens with one attached hydrogen (secondary N) is 1. The number of pyridine rings is 1. The molecule has 1 N–H and O–H groups in total. The highest BCUT2D eigenvalue weighted by atomic mass is 79.9. The maximum atomic E-state index is 6.13. The smallest absolute Gasteiger partial charge is 0.0451 e. The lowest BCUT2D eigenvalue weighted by Gasteiger charge is -2.07. The molecule has 4 heteroatoms. The quantitative estimate of drug-likeness (QED) is 0.915. The predicted octanol–water partition coefficient (Wildman–Crippen LogP) is 4.10. The molecule has 0 saturated carbocycles. The number of aryl methyl sites for hydroxylation is 1. The van der Waals surface area contributed by atoms with Crippen molar-refractivity contribution < 1.29 is 0 Å². The van der Waals surface area contributed by atoms with Crippen molar-refractivity contribution in [2.45, 2.75) is 20.0 Å². The number of hydrogen-bond acceptors (Lipinski definition) is 2. The third-order valence-electron chi connectivity index (χ3n) is 2.62. The van der Waals surface area contributed by atoms with Gasteiger partial charge in [0, 0.05) is 34.5 Å². The number of benzene rings is 1. The van der Waals surface area contributed by atoms with E-state index in [1.165, 1.54) is 5.56 Å². The Bertz CT molecular complexity index is 526. The number of nitrogens with zero attached hydrogens (tertiary/aromatic N) is 1. The van der Waals surface area contributed by atoms with Gasteiger partial charge < -0.3 is 5.32 Å². The van der Waals surface area contributed by atoms with Crippen LogP contribution in [0.25, 0.3) is 0 Å². The van der Waals surface area contributed by atoms with Crippen LogP contribution < -0.4 is 5.32 Å². The van der Waals surface area contributed by atoms with Crippen LogP contribution in [0.2, 0.25) is 5.02 Å². The van der Waals surface area contributed by atoms with Crippen LogP contribution in [0.5, 0.6) is 0 Å². The first-order valence-electron chi connectivity index (χ1n) is 5.71. The van der Waals surface area contributed by atoms with Crippen molar-refractivity contribution in [2.24, 2.45) is 0 Å². The molecule has 1 heterocycles. The van der Waals surface area contributed by atoms with E-state index >= 15 is 0 Å². The van der Waals surface area contributed by atoms with Gasteiger partial charge in [-0.2, -0.15) is 0 Å². The first-order valence-corrected chi connectivity index (χ1v) is 6.88. The van der Waals surface area contributed by atoms with E-state index in [1.54, 1.807) is 0 Å². The molecule has 0 aliphatic rings. The highest BCUT2D eigenvalue weighted by Crippen LogP contribution is 2.20. The van der Waals surface area contributed by atoms with Gasteiger partial charge in [-0.3, -0.25) is 4.98 Å². The Morgan fingerprint density at radius 3 is 2.78 bits per heavy atom. The van der Waals surface area contributed by atoms with E-state index in [2.05, 4.69) is 32.3 Å². The molecule has 2 rings (SSSR count). The molecule has 0 bridgehead atoms. The maximum Gasteiger partial charge on any atom is 0.0451 e. The molecule has 0 unspecified atom stereocenters. The van der Waals surface area contributed by atoms with Gasteiger partial charge in [0.15, 0.2) is 0 Å². The molecule has 0 radical (unpaired) electrons. The third kappa shape index (κ3) is 3.80. The Morgan fingerprint density at radius 1 is 1.22 bits per heavy atom. The van der Waals surface area contributed by atoms with Crippen LogP contribution in [0, 0.1) is 6.92 Å². The number of rotatable bonds is 4. The average Bonchev–Trinajstić information content (AvgIpc) is 2.36. The Morgan fingerprint density at radius 2 is 2.06 bits per heavy atom. The minimum absolute atomic E-state index is 0.742. The molecule has 0 atom stereocenters. The molecule has 0 aliphatic carbocycles. The SMILES string of the molecule is Cc1ccc(CNCc2cc(Br)ccc2Cl)cn1. The van der Waals surface area contributed by atoms with Gasteiger partial charge in [-0.15, -0.1) is 0 Å². The average molecular weight is 326 g/mol. The van der Waals surface area contributed by atoms with Crippen molar-refractivity contribution in [2.75, 3.05) is 0 Å². The summed E-state index contributed by atoms with van der Waals surface area (Å²) in [7, 11) is 0. The summed E-state index contributed by atoms with van der Waals surface area (Å²) >= 11 is 9.57. The second-order valence-electron chi connectivity index (χ2n) is 4.15. The van der Waals surface area contributed by atoms with Crippen molar-refractivity contribution in [3.8, 4) is 0 Å². The number of aromatic nitrogens is 1. The van der Waals surface area contributed by atoms with Crippen molar-refractivity contribution >= 4 is 27.5 Å². The number of halogens is 2. The van der Waals surface area contributed by atoms with Gasteiger partial charge in [0.2, 0.25) is 0 Å². The molecule has 0 aliphatic heterocycles. The summed E-state index contributed by atoms with van der Waals surface area (Å²) in [4.78, 5) is 4.26. The van der Waals surface area contributed by atoms with Gasteiger partial charge in [0.25, 0.3) is 0 Å². The first-order chi connectivity index (χ1) is 8.65. The highest BCUT2D eigenvalue weighted by molar-refractivity contribution is 9.10. The van der Waals surface area contributed by atoms with E-state index in [0.717, 1.165) is 33.8 Å². The van der Waals surface area contributed by atoms with E-state index in [-0.39, 0.29) is 0 Å². The molecular formula is C14H14BrClN2. The van der Waals surface area contributed by atoms with Crippen LogP contribution in [0.15, 0.2) is 41.0 Å². The molecule has 94 valence electrons. The van der Waals surface area contributed by atoms with Gasteiger partial charge >= 0.3 is 0 Å². The lowest BCUT2D eigenvalue weighted by atomic mass is 10.2. The van der Waals surface area contributed by atoms with E-state index < -0.39 is 0 Å². The second kappa shape index (κ2) is 6.32. The Hall–Kier alpha value is -0.900. The Labute approximate surface area is 121 Å². The molecule has 2 nitrogen and oxygen atoms in total. The molecule has 0 fully saturated rings. The van der Waals surface area contributed by atoms with Crippen LogP contribution in [0.3, 0.4) is 0 Å². The standard InChI is InChI=1S/C14H14BrClN2/c1-10-2-3-11(8-18-10)7-17-9-12-6-13(15)4-5-14(12)16/h2-6,8,17H,7,9H2,1H3. The summed E-state index contributed by atoms with van der Waals surface area (Å²) in [6.45, 7) is 3.51. The molecular weight excluding hydrogens is 312 g/mol. The van der Waals surface area contributed by atoms with E-state index in [1.807, 2.05) is 37.4 Å². The molecule has 1 aromatic heterocycles. The largest absolute Gasteiger partial charge is 0.309 e. The fourth-order valence-corrected chi connectivity index (χ4v) is 2.22. The van der Waals surface area contributed by atoms with Crippen LogP contribution in [-0.4, -0.2) is 4.98 Å². The van der Waals surface area contributed by atoms with Gasteiger partial charge in [-0.05, 0) is 42.3 Å². The maximum absolute atomic E-state index is 6.13. The molecule has 0 saturated heterocycles. The molecule has 2 aromatic rings. The van der Waals surface area contributed by atoms with Crippen molar-refractivity contribution in [1.29, 1.82) is 0 Å². The summed E-state index contributed by atoms with van der Waals surface area (Å²) in [5.41, 5.74) is 3.30. The zero-order valence-electron chi connectivity index (χ0n) is 10.1. The highest BCUT2D eigenvalue weighted by Gasteiger charge is 2.01. The minimum atomic E-state index is 0.742. The fraction of sp³-hybridized carbons (Fsp3) is 0.214. The van der Waals surface area contributed by atoms with E-state index in [4.69, 9.17) is 11.6 Å². The molecule has 0 spiro atoms. The van der Waals surface area contributed by atoms with E-state index in [9.17, 15) is 0 Å². The van der Waals surface area contributed by atoms with Crippen molar-refractivity contribution in [3.63, 3.8) is 0 Å². The van der Waals surface area contributed by atoms with Crippen molar-refractivity contribution in [1.82, 2.24) is 10.3 Å². The summed E-state index contributed by atoms with van der Waals surface area (Å²) < 4.78 is 1.04. The second-order valence-corrected chi connectivity index (χ2v) is 5.47. The normalized spacial score (nSPS) is 10.6. The monoisotopic (exact) mass is 324 g/mol. The van der Waals surface area contributed by atoms with Gasteiger partial charge in [-0.25, -0.2) is 0 Å². The lowest BCUT2D eigenvalue weighted by Crippen LogP contribution is -2.13. The summed E-state index contributed by atoms with van der Waals surface area (Å²) in [5, 5.41) is 4.15.